The first kappa shape index (κ1) is 19.1. The van der Waals surface area contributed by atoms with Crippen molar-refractivity contribution in [2.24, 2.45) is 5.10 Å². The van der Waals surface area contributed by atoms with Gasteiger partial charge in [-0.2, -0.15) is 5.10 Å². The molecule has 0 saturated heterocycles. The molecule has 0 aliphatic carbocycles. The van der Waals surface area contributed by atoms with Gasteiger partial charge in [-0.15, -0.1) is 0 Å². The van der Waals surface area contributed by atoms with Crippen LogP contribution in [0.15, 0.2) is 41.5 Å². The minimum absolute atomic E-state index is 0.0569. The van der Waals surface area contributed by atoms with Gasteiger partial charge in [-0.05, 0) is 48.4 Å². The average Bonchev–Trinajstić information content (AvgIpc) is 2.64. The molecule has 0 aliphatic rings. The van der Waals surface area contributed by atoms with Gasteiger partial charge in [0.05, 0.1) is 33.5 Å². The molecule has 138 valence electrons. The van der Waals surface area contributed by atoms with Gasteiger partial charge in [0, 0.05) is 0 Å². The summed E-state index contributed by atoms with van der Waals surface area (Å²) >= 11 is 0. The normalized spacial score (nSPS) is 10.6. The number of hydrogen-bond acceptors (Lipinski definition) is 6. The summed E-state index contributed by atoms with van der Waals surface area (Å²) in [7, 11) is 3.10. The smallest absolute Gasteiger partial charge is 0.244 e. The predicted octanol–water partition coefficient (Wildman–Crippen LogP) is 2.50. The SMILES string of the molecule is CCOc1cc(/C=N\NC(=O)Cc2ccc(OC)c(OC)c2)ccc1O. The third kappa shape index (κ3) is 5.14. The highest BCUT2D eigenvalue weighted by Crippen LogP contribution is 2.28. The van der Waals surface area contributed by atoms with Gasteiger partial charge in [-0.25, -0.2) is 5.43 Å². The number of hydrazone groups is 1. The Labute approximate surface area is 152 Å². The van der Waals surface area contributed by atoms with Crippen molar-refractivity contribution in [2.75, 3.05) is 20.8 Å². The minimum atomic E-state index is -0.266. The highest BCUT2D eigenvalue weighted by Gasteiger charge is 2.08. The zero-order valence-corrected chi connectivity index (χ0v) is 15.0. The Bertz CT molecular complexity index is 789. The first-order valence-electron chi connectivity index (χ1n) is 8.06. The summed E-state index contributed by atoms with van der Waals surface area (Å²) in [5.74, 6) is 1.33. The number of phenolic OH excluding ortho intramolecular Hbond substituents is 1. The zero-order chi connectivity index (χ0) is 18.9. The van der Waals surface area contributed by atoms with Crippen LogP contribution in [0.25, 0.3) is 0 Å². The molecular formula is C19H22N2O5. The molecule has 26 heavy (non-hydrogen) atoms. The number of carbonyl (C=O) groups excluding carboxylic acids is 1. The highest BCUT2D eigenvalue weighted by molar-refractivity contribution is 5.84. The van der Waals surface area contributed by atoms with Gasteiger partial charge in [-0.3, -0.25) is 4.79 Å². The van der Waals surface area contributed by atoms with Crippen molar-refractivity contribution in [3.63, 3.8) is 0 Å². The maximum absolute atomic E-state index is 12.0. The van der Waals surface area contributed by atoms with Crippen LogP contribution < -0.4 is 19.6 Å². The van der Waals surface area contributed by atoms with Crippen molar-refractivity contribution in [3.8, 4) is 23.0 Å². The van der Waals surface area contributed by atoms with Crippen molar-refractivity contribution >= 4 is 12.1 Å². The van der Waals surface area contributed by atoms with Gasteiger partial charge in [0.1, 0.15) is 0 Å². The number of nitrogens with one attached hydrogen (secondary N) is 1. The number of ether oxygens (including phenoxy) is 3. The first-order chi connectivity index (χ1) is 12.6. The van der Waals surface area contributed by atoms with Crippen molar-refractivity contribution < 1.29 is 24.1 Å². The predicted molar refractivity (Wildman–Crippen MR) is 98.3 cm³/mol. The molecule has 2 aromatic rings. The van der Waals surface area contributed by atoms with Gasteiger partial charge in [0.15, 0.2) is 23.0 Å². The summed E-state index contributed by atoms with van der Waals surface area (Å²) in [6, 6.07) is 10.1. The number of nitrogens with zero attached hydrogens (tertiary/aromatic N) is 1. The largest absolute Gasteiger partial charge is 0.504 e. The molecule has 2 rings (SSSR count). The number of benzene rings is 2. The summed E-state index contributed by atoms with van der Waals surface area (Å²) in [5.41, 5.74) is 3.94. The third-order valence-corrected chi connectivity index (χ3v) is 3.50. The van der Waals surface area contributed by atoms with E-state index in [4.69, 9.17) is 14.2 Å². The molecule has 0 bridgehead atoms. The van der Waals surface area contributed by atoms with E-state index in [0.29, 0.717) is 29.4 Å². The lowest BCUT2D eigenvalue weighted by Crippen LogP contribution is -2.19. The number of amides is 1. The van der Waals surface area contributed by atoms with E-state index in [9.17, 15) is 9.90 Å². The minimum Gasteiger partial charge on any atom is -0.504 e. The second kappa shape index (κ2) is 9.31. The molecule has 0 spiro atoms. The van der Waals surface area contributed by atoms with E-state index >= 15 is 0 Å². The fourth-order valence-corrected chi connectivity index (χ4v) is 2.28. The van der Waals surface area contributed by atoms with E-state index < -0.39 is 0 Å². The van der Waals surface area contributed by atoms with Crippen LogP contribution in [0.5, 0.6) is 23.0 Å². The molecule has 0 unspecified atom stereocenters. The summed E-state index contributed by atoms with van der Waals surface area (Å²) in [4.78, 5) is 12.0. The van der Waals surface area contributed by atoms with Gasteiger partial charge >= 0.3 is 0 Å². The van der Waals surface area contributed by atoms with Crippen LogP contribution in [0.1, 0.15) is 18.1 Å². The van der Waals surface area contributed by atoms with Crippen LogP contribution >= 0.6 is 0 Å². The molecule has 0 atom stereocenters. The van der Waals surface area contributed by atoms with Crippen molar-refractivity contribution in [1.29, 1.82) is 0 Å². The fourth-order valence-electron chi connectivity index (χ4n) is 2.28. The van der Waals surface area contributed by atoms with E-state index in [1.165, 1.54) is 12.3 Å². The lowest BCUT2D eigenvalue weighted by Gasteiger charge is -2.09. The lowest BCUT2D eigenvalue weighted by atomic mass is 10.1. The summed E-state index contributed by atoms with van der Waals surface area (Å²) in [5, 5.41) is 13.6. The maximum atomic E-state index is 12.0. The molecular weight excluding hydrogens is 336 g/mol. The number of methoxy groups -OCH3 is 2. The van der Waals surface area contributed by atoms with Crippen molar-refractivity contribution in [1.82, 2.24) is 5.43 Å². The number of phenols is 1. The quantitative estimate of drug-likeness (QED) is 0.559. The Hall–Kier alpha value is -3.22. The molecule has 0 saturated carbocycles. The second-order valence-corrected chi connectivity index (χ2v) is 5.32. The monoisotopic (exact) mass is 358 g/mol. The molecule has 0 radical (unpaired) electrons. The van der Waals surface area contributed by atoms with Crippen LogP contribution in [0.4, 0.5) is 0 Å². The Kier molecular flexibility index (Phi) is 6.84. The molecule has 7 nitrogen and oxygen atoms in total. The number of hydrogen-bond donors (Lipinski definition) is 2. The number of aromatic hydroxyl groups is 1. The topological polar surface area (TPSA) is 89.4 Å². The van der Waals surface area contributed by atoms with Crippen LogP contribution in [-0.4, -0.2) is 38.1 Å². The Balaban J connectivity index is 1.96. The number of rotatable bonds is 8. The van der Waals surface area contributed by atoms with Gasteiger partial charge < -0.3 is 19.3 Å². The third-order valence-electron chi connectivity index (χ3n) is 3.50. The fraction of sp³-hybridized carbons (Fsp3) is 0.263. The standard InChI is InChI=1S/C19H22N2O5/c1-4-26-17-10-14(5-7-15(17)22)12-20-21-19(23)11-13-6-8-16(24-2)18(9-13)25-3/h5-10,12,22H,4,11H2,1-3H3,(H,21,23)/b20-12-. The summed E-state index contributed by atoms with van der Waals surface area (Å²) < 4.78 is 15.7. The molecule has 0 aliphatic heterocycles. The molecule has 2 N–H and O–H groups in total. The van der Waals surface area contributed by atoms with E-state index in [1.807, 2.05) is 6.92 Å². The van der Waals surface area contributed by atoms with E-state index in [-0.39, 0.29) is 18.1 Å². The molecule has 7 heteroatoms. The Morgan fingerprint density at radius 2 is 1.88 bits per heavy atom. The van der Waals surface area contributed by atoms with Gasteiger partial charge in [-0.1, -0.05) is 6.07 Å². The van der Waals surface area contributed by atoms with Crippen LogP contribution in [-0.2, 0) is 11.2 Å². The van der Waals surface area contributed by atoms with Crippen LogP contribution in [0, 0.1) is 0 Å². The molecule has 0 aromatic heterocycles. The maximum Gasteiger partial charge on any atom is 0.244 e. The van der Waals surface area contributed by atoms with E-state index in [0.717, 1.165) is 5.56 Å². The average molecular weight is 358 g/mol. The Morgan fingerprint density at radius 3 is 2.58 bits per heavy atom. The highest BCUT2D eigenvalue weighted by atomic mass is 16.5. The molecule has 0 fully saturated rings. The van der Waals surface area contributed by atoms with E-state index in [2.05, 4.69) is 10.5 Å². The molecule has 2 aromatic carbocycles. The Morgan fingerprint density at radius 1 is 1.12 bits per heavy atom. The zero-order valence-electron chi connectivity index (χ0n) is 15.0. The number of carbonyl (C=O) groups is 1. The van der Waals surface area contributed by atoms with E-state index in [1.54, 1.807) is 44.6 Å². The van der Waals surface area contributed by atoms with Crippen molar-refractivity contribution in [2.45, 2.75) is 13.3 Å². The lowest BCUT2D eigenvalue weighted by molar-refractivity contribution is -0.120. The molecule has 0 heterocycles. The molecule has 1 amide bonds. The summed E-state index contributed by atoms with van der Waals surface area (Å²) in [6.45, 7) is 2.27. The summed E-state index contributed by atoms with van der Waals surface area (Å²) in [6.07, 6.45) is 1.63. The van der Waals surface area contributed by atoms with Crippen LogP contribution in [0.2, 0.25) is 0 Å². The van der Waals surface area contributed by atoms with Crippen LogP contribution in [0.3, 0.4) is 0 Å². The first-order valence-corrected chi connectivity index (χ1v) is 8.06. The van der Waals surface area contributed by atoms with Gasteiger partial charge in [0.25, 0.3) is 0 Å². The second-order valence-electron chi connectivity index (χ2n) is 5.32. The van der Waals surface area contributed by atoms with Gasteiger partial charge in [0.2, 0.25) is 5.91 Å². The van der Waals surface area contributed by atoms with Crippen molar-refractivity contribution in [3.05, 3.63) is 47.5 Å².